The molecule has 0 spiro atoms. The Bertz CT molecular complexity index is 712. The third-order valence-corrected chi connectivity index (χ3v) is 5.85. The summed E-state index contributed by atoms with van der Waals surface area (Å²) < 4.78 is 10.9. The van der Waals surface area contributed by atoms with Crippen molar-refractivity contribution in [2.75, 3.05) is 26.9 Å². The first kappa shape index (κ1) is 18.3. The van der Waals surface area contributed by atoms with E-state index in [1.54, 1.807) is 7.11 Å². The van der Waals surface area contributed by atoms with Crippen molar-refractivity contribution in [1.29, 1.82) is 0 Å². The SMILES string of the molecule is COc1ccc([C@@H]2[C@@H](C(=O)NCC3(CO)CC3)OCC(=O)N2C2CC2)cc1. The summed E-state index contributed by atoms with van der Waals surface area (Å²) in [4.78, 5) is 27.3. The predicted octanol–water partition coefficient (Wildman–Crippen LogP) is 1.01. The van der Waals surface area contributed by atoms with Crippen LogP contribution in [-0.2, 0) is 14.3 Å². The molecule has 2 saturated carbocycles. The van der Waals surface area contributed by atoms with E-state index < -0.39 is 12.1 Å². The minimum absolute atomic E-state index is 0.0728. The lowest BCUT2D eigenvalue weighted by Crippen LogP contribution is -2.55. The monoisotopic (exact) mass is 374 g/mol. The molecule has 1 aromatic carbocycles. The van der Waals surface area contributed by atoms with Crippen LogP contribution in [0.15, 0.2) is 24.3 Å². The molecule has 0 aromatic heterocycles. The van der Waals surface area contributed by atoms with Crippen molar-refractivity contribution in [3.63, 3.8) is 0 Å². The number of nitrogens with zero attached hydrogens (tertiary/aromatic N) is 1. The predicted molar refractivity (Wildman–Crippen MR) is 97.1 cm³/mol. The largest absolute Gasteiger partial charge is 0.497 e. The van der Waals surface area contributed by atoms with Gasteiger partial charge >= 0.3 is 0 Å². The second kappa shape index (κ2) is 7.13. The zero-order valence-corrected chi connectivity index (χ0v) is 15.5. The number of aliphatic hydroxyl groups excluding tert-OH is 1. The fourth-order valence-electron chi connectivity index (χ4n) is 3.71. The molecule has 2 aliphatic carbocycles. The normalized spacial score (nSPS) is 26.6. The fourth-order valence-corrected chi connectivity index (χ4v) is 3.71. The van der Waals surface area contributed by atoms with Crippen molar-refractivity contribution in [1.82, 2.24) is 10.2 Å². The molecule has 4 rings (SSSR count). The lowest BCUT2D eigenvalue weighted by atomic mass is 9.96. The molecular formula is C20H26N2O5. The van der Waals surface area contributed by atoms with Crippen LogP contribution in [0.25, 0.3) is 0 Å². The van der Waals surface area contributed by atoms with Crippen LogP contribution in [0, 0.1) is 5.41 Å². The molecule has 1 heterocycles. The summed E-state index contributed by atoms with van der Waals surface area (Å²) in [5, 5.41) is 12.4. The Labute approximate surface area is 158 Å². The summed E-state index contributed by atoms with van der Waals surface area (Å²) in [5.74, 6) is 0.421. The highest BCUT2D eigenvalue weighted by Crippen LogP contribution is 2.44. The highest BCUT2D eigenvalue weighted by atomic mass is 16.5. The van der Waals surface area contributed by atoms with Gasteiger partial charge in [0.2, 0.25) is 5.91 Å². The molecular weight excluding hydrogens is 348 g/mol. The number of ether oxygens (including phenoxy) is 2. The van der Waals surface area contributed by atoms with Crippen LogP contribution >= 0.6 is 0 Å². The molecule has 0 radical (unpaired) electrons. The van der Waals surface area contributed by atoms with Gasteiger partial charge in [0.05, 0.1) is 19.8 Å². The van der Waals surface area contributed by atoms with Crippen molar-refractivity contribution in [2.45, 2.75) is 43.9 Å². The van der Waals surface area contributed by atoms with Crippen LogP contribution in [0.5, 0.6) is 5.75 Å². The van der Waals surface area contributed by atoms with Crippen LogP contribution in [-0.4, -0.2) is 60.8 Å². The van der Waals surface area contributed by atoms with E-state index in [1.807, 2.05) is 29.2 Å². The number of methoxy groups -OCH3 is 1. The number of carbonyl (C=O) groups is 2. The van der Waals surface area contributed by atoms with Gasteiger partial charge in [0.25, 0.3) is 5.91 Å². The summed E-state index contributed by atoms with van der Waals surface area (Å²) in [7, 11) is 1.60. The average molecular weight is 374 g/mol. The van der Waals surface area contributed by atoms with Crippen LogP contribution in [0.3, 0.4) is 0 Å². The molecule has 7 nitrogen and oxygen atoms in total. The van der Waals surface area contributed by atoms with Crippen LogP contribution in [0.2, 0.25) is 0 Å². The first-order valence-electron chi connectivity index (χ1n) is 9.52. The van der Waals surface area contributed by atoms with Gasteiger partial charge in [-0.1, -0.05) is 12.1 Å². The first-order valence-corrected chi connectivity index (χ1v) is 9.52. The summed E-state index contributed by atoms with van der Waals surface area (Å²) in [6, 6.07) is 7.16. The fraction of sp³-hybridized carbons (Fsp3) is 0.600. The summed E-state index contributed by atoms with van der Waals surface area (Å²) in [5.41, 5.74) is 0.686. The Hall–Kier alpha value is -2.12. The van der Waals surface area contributed by atoms with Gasteiger partial charge in [-0.2, -0.15) is 0 Å². The van der Waals surface area contributed by atoms with Gasteiger partial charge in [-0.15, -0.1) is 0 Å². The maximum atomic E-state index is 12.9. The Morgan fingerprint density at radius 1 is 1.33 bits per heavy atom. The van der Waals surface area contributed by atoms with Gasteiger partial charge in [0, 0.05) is 18.0 Å². The minimum atomic E-state index is -0.758. The number of hydrogen-bond donors (Lipinski definition) is 2. The standard InChI is InChI=1S/C20H26N2O5/c1-26-15-6-2-13(3-7-15)17-18(19(25)21-11-20(12-23)8-9-20)27-10-16(24)22(17)14-4-5-14/h2-3,6-7,14,17-18,23H,4-5,8-12H2,1H3,(H,21,25)/t17-,18+/m1/s1. The first-order chi connectivity index (χ1) is 13.1. The lowest BCUT2D eigenvalue weighted by molar-refractivity contribution is -0.165. The summed E-state index contributed by atoms with van der Waals surface area (Å²) in [6.07, 6.45) is 3.00. The van der Waals surface area contributed by atoms with Crippen LogP contribution < -0.4 is 10.1 Å². The van der Waals surface area contributed by atoms with Gasteiger partial charge in [0.1, 0.15) is 12.4 Å². The van der Waals surface area contributed by atoms with Gasteiger partial charge < -0.3 is 24.8 Å². The number of benzene rings is 1. The highest BCUT2D eigenvalue weighted by Gasteiger charge is 2.48. The number of morpholine rings is 1. The third kappa shape index (κ3) is 3.66. The molecule has 3 aliphatic rings. The number of carbonyl (C=O) groups excluding carboxylic acids is 2. The lowest BCUT2D eigenvalue weighted by Gasteiger charge is -2.41. The second-order valence-electron chi connectivity index (χ2n) is 7.86. The van der Waals surface area contributed by atoms with Crippen molar-refractivity contribution in [2.24, 2.45) is 5.41 Å². The molecule has 2 atom stereocenters. The molecule has 2 N–H and O–H groups in total. The Balaban J connectivity index is 1.57. The molecule has 146 valence electrons. The summed E-state index contributed by atoms with van der Waals surface area (Å²) in [6.45, 7) is 0.439. The van der Waals surface area contributed by atoms with Gasteiger partial charge in [-0.3, -0.25) is 9.59 Å². The van der Waals surface area contributed by atoms with Crippen molar-refractivity contribution >= 4 is 11.8 Å². The van der Waals surface area contributed by atoms with E-state index in [4.69, 9.17) is 9.47 Å². The Morgan fingerprint density at radius 3 is 2.59 bits per heavy atom. The maximum absolute atomic E-state index is 12.9. The zero-order valence-electron chi connectivity index (χ0n) is 15.5. The molecule has 1 aliphatic heterocycles. The number of aliphatic hydroxyl groups is 1. The van der Waals surface area contributed by atoms with Crippen molar-refractivity contribution in [3.8, 4) is 5.75 Å². The minimum Gasteiger partial charge on any atom is -0.497 e. The van der Waals surface area contributed by atoms with Gasteiger partial charge in [0.15, 0.2) is 6.10 Å². The van der Waals surface area contributed by atoms with E-state index >= 15 is 0 Å². The third-order valence-electron chi connectivity index (χ3n) is 5.85. The molecule has 7 heteroatoms. The molecule has 27 heavy (non-hydrogen) atoms. The number of amides is 2. The van der Waals surface area contributed by atoms with Crippen molar-refractivity contribution in [3.05, 3.63) is 29.8 Å². The van der Waals surface area contributed by atoms with E-state index in [1.165, 1.54) is 0 Å². The average Bonchev–Trinajstić information content (AvgIpc) is 3.61. The molecule has 1 saturated heterocycles. The smallest absolute Gasteiger partial charge is 0.251 e. The number of hydrogen-bond acceptors (Lipinski definition) is 5. The van der Waals surface area contributed by atoms with E-state index in [0.29, 0.717) is 6.54 Å². The van der Waals surface area contributed by atoms with Crippen molar-refractivity contribution < 1.29 is 24.2 Å². The van der Waals surface area contributed by atoms with E-state index in [9.17, 15) is 14.7 Å². The Kier molecular flexibility index (Phi) is 4.82. The van der Waals surface area contributed by atoms with Gasteiger partial charge in [-0.25, -0.2) is 0 Å². The molecule has 0 unspecified atom stereocenters. The molecule has 2 amide bonds. The van der Waals surface area contributed by atoms with Gasteiger partial charge in [-0.05, 0) is 43.4 Å². The second-order valence-corrected chi connectivity index (χ2v) is 7.86. The highest BCUT2D eigenvalue weighted by molar-refractivity contribution is 5.86. The van der Waals surface area contributed by atoms with E-state index in [0.717, 1.165) is 37.0 Å². The summed E-state index contributed by atoms with van der Waals surface area (Å²) >= 11 is 0. The van der Waals surface area contributed by atoms with E-state index in [2.05, 4.69) is 5.32 Å². The quantitative estimate of drug-likeness (QED) is 0.744. The topological polar surface area (TPSA) is 88.1 Å². The van der Waals surface area contributed by atoms with Crippen LogP contribution in [0.1, 0.15) is 37.3 Å². The van der Waals surface area contributed by atoms with Crippen LogP contribution in [0.4, 0.5) is 0 Å². The zero-order chi connectivity index (χ0) is 19.0. The number of nitrogens with one attached hydrogen (secondary N) is 1. The van der Waals surface area contributed by atoms with E-state index in [-0.39, 0.29) is 36.5 Å². The molecule has 1 aromatic rings. The molecule has 3 fully saturated rings. The number of rotatable bonds is 7. The maximum Gasteiger partial charge on any atom is 0.251 e. The Morgan fingerprint density at radius 2 is 2.04 bits per heavy atom. The molecule has 0 bridgehead atoms.